The molecule has 0 bridgehead atoms. The Kier molecular flexibility index (Phi) is 5.07. The van der Waals surface area contributed by atoms with Gasteiger partial charge in [-0.15, -0.1) is 0 Å². The fourth-order valence-corrected chi connectivity index (χ4v) is 2.60. The molecule has 0 radical (unpaired) electrons. The summed E-state index contributed by atoms with van der Waals surface area (Å²) in [6.45, 7) is 6.64. The lowest BCUT2D eigenvalue weighted by Gasteiger charge is -2.18. The van der Waals surface area contributed by atoms with Crippen molar-refractivity contribution in [2.75, 3.05) is 0 Å². The molecule has 0 amide bonds. The quantitative estimate of drug-likeness (QED) is 0.624. The third-order valence-electron chi connectivity index (χ3n) is 3.31. The summed E-state index contributed by atoms with van der Waals surface area (Å²) in [6.07, 6.45) is 9.60. The third kappa shape index (κ3) is 3.81. The minimum Gasteiger partial charge on any atom is -0.299 e. The van der Waals surface area contributed by atoms with Crippen LogP contribution in [0.2, 0.25) is 0 Å². The molecule has 0 aromatic heterocycles. The first-order chi connectivity index (χ1) is 7.15. The van der Waals surface area contributed by atoms with Crippen molar-refractivity contribution in [2.24, 2.45) is 17.8 Å². The fourth-order valence-electron chi connectivity index (χ4n) is 2.60. The summed E-state index contributed by atoms with van der Waals surface area (Å²) in [6, 6.07) is 0. The van der Waals surface area contributed by atoms with Gasteiger partial charge in [-0.25, -0.2) is 0 Å². The summed E-state index contributed by atoms with van der Waals surface area (Å²) in [4.78, 5) is 11.7. The molecular formula is C14H24O. The highest BCUT2D eigenvalue weighted by atomic mass is 16.1. The van der Waals surface area contributed by atoms with Crippen LogP contribution in [0, 0.1) is 17.8 Å². The van der Waals surface area contributed by atoms with E-state index in [4.69, 9.17) is 0 Å². The molecule has 1 aliphatic rings. The summed E-state index contributed by atoms with van der Waals surface area (Å²) in [5.74, 6) is 2.20. The summed E-state index contributed by atoms with van der Waals surface area (Å²) in [5, 5.41) is 0. The maximum atomic E-state index is 11.7. The van der Waals surface area contributed by atoms with Crippen LogP contribution in [0.4, 0.5) is 0 Å². The molecule has 1 rings (SSSR count). The highest BCUT2D eigenvalue weighted by molar-refractivity contribution is 5.83. The molecule has 0 N–H and O–H groups in total. The van der Waals surface area contributed by atoms with Gasteiger partial charge in [0.05, 0.1) is 0 Å². The zero-order chi connectivity index (χ0) is 11.3. The number of ketones is 1. The van der Waals surface area contributed by atoms with Gasteiger partial charge in [-0.1, -0.05) is 32.9 Å². The van der Waals surface area contributed by atoms with E-state index in [1.54, 1.807) is 0 Å². The maximum Gasteiger partial charge on any atom is 0.136 e. The van der Waals surface area contributed by atoms with E-state index >= 15 is 0 Å². The van der Waals surface area contributed by atoms with Gasteiger partial charge in [-0.3, -0.25) is 4.79 Å². The van der Waals surface area contributed by atoms with Crippen molar-refractivity contribution in [3.8, 4) is 0 Å². The molecule has 0 aromatic carbocycles. The van der Waals surface area contributed by atoms with Gasteiger partial charge in [0.1, 0.15) is 5.78 Å². The second kappa shape index (κ2) is 6.09. The van der Waals surface area contributed by atoms with Crippen LogP contribution in [0.3, 0.4) is 0 Å². The number of carbonyl (C=O) groups excluding carboxylic acids is 1. The highest BCUT2D eigenvalue weighted by Crippen LogP contribution is 2.35. The molecule has 0 saturated heterocycles. The van der Waals surface area contributed by atoms with E-state index < -0.39 is 0 Å². The van der Waals surface area contributed by atoms with Gasteiger partial charge >= 0.3 is 0 Å². The number of rotatable bonds is 5. The van der Waals surface area contributed by atoms with Crippen molar-refractivity contribution in [1.82, 2.24) is 0 Å². The Labute approximate surface area is 93.9 Å². The molecule has 1 nitrogen and oxygen atoms in total. The minimum atomic E-state index is 0.329. The Morgan fingerprint density at radius 1 is 1.40 bits per heavy atom. The normalized spacial score (nSPS) is 27.1. The van der Waals surface area contributed by atoms with Crippen LogP contribution < -0.4 is 0 Å². The van der Waals surface area contributed by atoms with E-state index in [2.05, 4.69) is 32.9 Å². The number of carbonyl (C=O) groups is 1. The molecule has 1 heteroatoms. The second-order valence-corrected chi connectivity index (χ2v) is 5.12. The van der Waals surface area contributed by atoms with Crippen LogP contribution in [-0.2, 0) is 4.79 Å². The third-order valence-corrected chi connectivity index (χ3v) is 3.31. The van der Waals surface area contributed by atoms with Gasteiger partial charge < -0.3 is 0 Å². The predicted molar refractivity (Wildman–Crippen MR) is 64.7 cm³/mol. The van der Waals surface area contributed by atoms with Crippen LogP contribution in [0.15, 0.2) is 12.2 Å². The van der Waals surface area contributed by atoms with Gasteiger partial charge in [0.15, 0.2) is 0 Å². The van der Waals surface area contributed by atoms with Crippen molar-refractivity contribution < 1.29 is 4.79 Å². The lowest BCUT2D eigenvalue weighted by molar-refractivity contribution is -0.121. The van der Waals surface area contributed by atoms with Gasteiger partial charge in [0.25, 0.3) is 0 Å². The van der Waals surface area contributed by atoms with Crippen molar-refractivity contribution >= 4 is 5.78 Å². The second-order valence-electron chi connectivity index (χ2n) is 5.12. The average Bonchev–Trinajstić information content (AvgIpc) is 2.49. The molecule has 0 aromatic rings. The summed E-state index contributed by atoms with van der Waals surface area (Å²) in [7, 11) is 0. The van der Waals surface area contributed by atoms with Crippen molar-refractivity contribution in [3.05, 3.63) is 12.2 Å². The molecule has 1 fully saturated rings. The van der Waals surface area contributed by atoms with Gasteiger partial charge in [-0.2, -0.15) is 0 Å². The number of hydrogen-bond acceptors (Lipinski definition) is 1. The summed E-state index contributed by atoms with van der Waals surface area (Å²) < 4.78 is 0. The van der Waals surface area contributed by atoms with Gasteiger partial charge in [-0.05, 0) is 37.5 Å². The van der Waals surface area contributed by atoms with Crippen LogP contribution >= 0.6 is 0 Å². The zero-order valence-electron chi connectivity index (χ0n) is 10.3. The van der Waals surface area contributed by atoms with E-state index in [0.717, 1.165) is 31.6 Å². The van der Waals surface area contributed by atoms with Gasteiger partial charge in [0.2, 0.25) is 0 Å². The fraction of sp³-hybridized carbons (Fsp3) is 0.786. The van der Waals surface area contributed by atoms with Gasteiger partial charge in [0, 0.05) is 12.3 Å². The zero-order valence-corrected chi connectivity index (χ0v) is 10.3. The Balaban J connectivity index is 2.49. The first-order valence-electron chi connectivity index (χ1n) is 6.32. The average molecular weight is 208 g/mol. The Bertz CT molecular complexity index is 227. The molecule has 86 valence electrons. The SMILES string of the molecule is CC/C=C\C[C@H]1C(=O)CC[C@@H]1CC(C)C. The number of hydrogen-bond donors (Lipinski definition) is 0. The van der Waals surface area contributed by atoms with E-state index in [-0.39, 0.29) is 0 Å². The summed E-state index contributed by atoms with van der Waals surface area (Å²) >= 11 is 0. The first kappa shape index (κ1) is 12.5. The van der Waals surface area contributed by atoms with Crippen molar-refractivity contribution in [2.45, 2.75) is 52.9 Å². The molecular weight excluding hydrogens is 184 g/mol. The molecule has 1 saturated carbocycles. The standard InChI is InChI=1S/C14H24O/c1-4-5-6-7-13-12(10-11(2)3)8-9-14(13)15/h5-6,11-13H,4,7-10H2,1-3H3/b6-5-/t12-,13-/m1/s1. The van der Waals surface area contributed by atoms with Crippen molar-refractivity contribution in [3.63, 3.8) is 0 Å². The lowest BCUT2D eigenvalue weighted by Crippen LogP contribution is -2.15. The monoisotopic (exact) mass is 208 g/mol. The van der Waals surface area contributed by atoms with Crippen LogP contribution in [0.5, 0.6) is 0 Å². The first-order valence-corrected chi connectivity index (χ1v) is 6.32. The molecule has 2 atom stereocenters. The predicted octanol–water partition coefficient (Wildman–Crippen LogP) is 3.98. The minimum absolute atomic E-state index is 0.329. The smallest absolute Gasteiger partial charge is 0.136 e. The molecule has 0 unspecified atom stereocenters. The maximum absolute atomic E-state index is 11.7. The molecule has 1 aliphatic carbocycles. The summed E-state index contributed by atoms with van der Waals surface area (Å²) in [5.41, 5.74) is 0. The van der Waals surface area contributed by atoms with E-state index in [1.165, 1.54) is 6.42 Å². The van der Waals surface area contributed by atoms with Crippen LogP contribution in [0.1, 0.15) is 52.9 Å². The molecule has 0 spiro atoms. The Morgan fingerprint density at radius 2 is 2.13 bits per heavy atom. The Hall–Kier alpha value is -0.590. The largest absolute Gasteiger partial charge is 0.299 e. The molecule has 0 heterocycles. The van der Waals surface area contributed by atoms with E-state index in [9.17, 15) is 4.79 Å². The lowest BCUT2D eigenvalue weighted by atomic mass is 9.86. The van der Waals surface area contributed by atoms with E-state index in [0.29, 0.717) is 17.6 Å². The molecule has 0 aliphatic heterocycles. The number of Topliss-reactive ketones (excluding diaryl/α,β-unsaturated/α-hetero) is 1. The van der Waals surface area contributed by atoms with E-state index in [1.807, 2.05) is 0 Å². The van der Waals surface area contributed by atoms with Crippen LogP contribution in [0.25, 0.3) is 0 Å². The van der Waals surface area contributed by atoms with Crippen molar-refractivity contribution in [1.29, 1.82) is 0 Å². The Morgan fingerprint density at radius 3 is 2.73 bits per heavy atom. The number of allylic oxidation sites excluding steroid dienone is 2. The topological polar surface area (TPSA) is 17.1 Å². The van der Waals surface area contributed by atoms with Crippen LogP contribution in [-0.4, -0.2) is 5.78 Å². The highest BCUT2D eigenvalue weighted by Gasteiger charge is 2.33. The molecule has 15 heavy (non-hydrogen) atoms.